The van der Waals surface area contributed by atoms with Crippen LogP contribution in [-0.2, 0) is 14.8 Å². The fourth-order valence-electron chi connectivity index (χ4n) is 2.79. The first-order chi connectivity index (χ1) is 19.7. The lowest BCUT2D eigenvalue weighted by atomic mass is 9.91. The van der Waals surface area contributed by atoms with Crippen molar-refractivity contribution in [2.45, 2.75) is 78.7 Å². The molecule has 0 aliphatic heterocycles. The monoisotopic (exact) mass is 760 g/mol. The summed E-state index contributed by atoms with van der Waals surface area (Å²) in [5.74, 6) is -66.5. The normalized spacial score (nSPS) is 15.8. The SMILES string of the molecule is CCCCN(C(F)(F)C(F)(F)C(C(=O)[O-])=C(F)F)S(=O)(=O)C(F)(F)C(F)(F)C(F)(F)C(F)(F)C(F)(F)C(F)(F)C(F)(F)C(F)(F)F. The predicted molar refractivity (Wildman–Crippen MR) is 95.4 cm³/mol. The molecule has 274 valence electrons. The third kappa shape index (κ3) is 5.79. The highest BCUT2D eigenvalue weighted by molar-refractivity contribution is 7.90. The third-order valence-corrected chi connectivity index (χ3v) is 7.32. The minimum atomic E-state index is -9.40. The van der Waals surface area contributed by atoms with Crippen molar-refractivity contribution in [1.82, 2.24) is 4.31 Å². The van der Waals surface area contributed by atoms with Crippen molar-refractivity contribution in [3.63, 3.8) is 0 Å². The molecule has 0 rings (SSSR count). The molecule has 0 aliphatic carbocycles. The highest BCUT2D eigenvalue weighted by Gasteiger charge is 2.96. The minimum Gasteiger partial charge on any atom is -0.545 e. The van der Waals surface area contributed by atoms with E-state index in [1.165, 1.54) is 0 Å². The molecule has 0 saturated carbocycles. The van der Waals surface area contributed by atoms with Gasteiger partial charge >= 0.3 is 58.9 Å². The van der Waals surface area contributed by atoms with Gasteiger partial charge in [-0.3, -0.25) is 0 Å². The van der Waals surface area contributed by atoms with E-state index < -0.39 is 110 Å². The number of halogens is 23. The number of alkyl halides is 21. The predicted octanol–water partition coefficient (Wildman–Crippen LogP) is 6.51. The molecule has 0 spiro atoms. The van der Waals surface area contributed by atoms with Crippen molar-refractivity contribution in [3.8, 4) is 0 Å². The van der Waals surface area contributed by atoms with Gasteiger partial charge in [-0.25, -0.2) is 8.42 Å². The molecule has 0 heterocycles. The lowest BCUT2D eigenvalue weighted by molar-refractivity contribution is -0.458. The van der Waals surface area contributed by atoms with Crippen LogP contribution in [0.4, 0.5) is 101 Å². The highest BCUT2D eigenvalue weighted by Crippen LogP contribution is 2.65. The van der Waals surface area contributed by atoms with E-state index in [2.05, 4.69) is 0 Å². The number of carboxylic acid groups (broad SMARTS) is 1. The van der Waals surface area contributed by atoms with Crippen LogP contribution in [0.3, 0.4) is 0 Å². The maximum Gasteiger partial charge on any atom is 0.460 e. The van der Waals surface area contributed by atoms with Crippen LogP contribution in [0.2, 0.25) is 0 Å². The standard InChI is InChI=1S/C17H10F23NO4S/c1-2-3-4-41(16(37,38)8(20,21)5(6(18)19)7(42)43)46(44,45)17(39,40)14(32,33)12(28,29)10(24,25)9(22,23)11(26,27)13(30,31)15(34,35)36/h2-4H2,1H3,(H,42,43)/p-1. The van der Waals surface area contributed by atoms with Crippen LogP contribution in [0.5, 0.6) is 0 Å². The molecule has 46 heavy (non-hydrogen) atoms. The Morgan fingerprint density at radius 1 is 0.609 bits per heavy atom. The molecule has 0 aromatic heterocycles. The van der Waals surface area contributed by atoms with Crippen molar-refractivity contribution in [3.05, 3.63) is 11.7 Å². The van der Waals surface area contributed by atoms with E-state index in [-0.39, 0.29) is 0 Å². The zero-order valence-electron chi connectivity index (χ0n) is 20.8. The van der Waals surface area contributed by atoms with E-state index in [0.717, 1.165) is 0 Å². The first-order valence-electron chi connectivity index (χ1n) is 10.5. The molecule has 0 aromatic rings. The topological polar surface area (TPSA) is 77.5 Å². The molecule has 5 nitrogen and oxygen atoms in total. The molecule has 0 bridgehead atoms. The van der Waals surface area contributed by atoms with Gasteiger partial charge in [-0.2, -0.15) is 101 Å². The van der Waals surface area contributed by atoms with E-state index in [0.29, 0.717) is 6.92 Å². The molecule has 0 radical (unpaired) electrons. The maximum absolute atomic E-state index is 14.5. The van der Waals surface area contributed by atoms with Gasteiger partial charge in [0.15, 0.2) is 0 Å². The summed E-state index contributed by atoms with van der Waals surface area (Å²) in [5.41, 5.74) is -4.31. The number of aliphatic carboxylic acids is 1. The second-order valence-corrected chi connectivity index (χ2v) is 10.3. The molecule has 0 atom stereocenters. The Bertz CT molecular complexity index is 1280. The smallest absolute Gasteiger partial charge is 0.460 e. The fourth-order valence-corrected chi connectivity index (χ4v) is 4.31. The molecule has 29 heteroatoms. The molecule has 0 N–H and O–H groups in total. The summed E-state index contributed by atoms with van der Waals surface area (Å²) in [7, 11) is -9.17. The van der Waals surface area contributed by atoms with Gasteiger partial charge in [0.1, 0.15) is 5.57 Å². The summed E-state index contributed by atoms with van der Waals surface area (Å²) in [6, 6.07) is -7.62. The zero-order chi connectivity index (χ0) is 37.9. The molecular weight excluding hydrogens is 751 g/mol. The molecule has 0 amide bonds. The summed E-state index contributed by atoms with van der Waals surface area (Å²) in [6.45, 7) is -2.26. The largest absolute Gasteiger partial charge is 0.545 e. The first kappa shape index (κ1) is 43.5. The average Bonchev–Trinajstić information content (AvgIpc) is 2.81. The molecule has 0 aliphatic rings. The summed E-state index contributed by atoms with van der Waals surface area (Å²) < 4.78 is 332. The molecule has 0 saturated heterocycles. The Balaban J connectivity index is 7.71. The van der Waals surface area contributed by atoms with Gasteiger partial charge in [0.25, 0.3) is 16.1 Å². The Kier molecular flexibility index (Phi) is 11.2. The molecule has 0 fully saturated rings. The van der Waals surface area contributed by atoms with Crippen molar-refractivity contribution in [1.29, 1.82) is 0 Å². The number of hydrogen-bond acceptors (Lipinski definition) is 4. The van der Waals surface area contributed by atoms with E-state index in [1.54, 1.807) is 0 Å². The second-order valence-electron chi connectivity index (χ2n) is 8.43. The van der Waals surface area contributed by atoms with Gasteiger partial charge in [-0.1, -0.05) is 13.3 Å². The Labute approximate surface area is 237 Å². The highest BCUT2D eigenvalue weighted by atomic mass is 32.2. The van der Waals surface area contributed by atoms with E-state index in [4.69, 9.17) is 0 Å². The van der Waals surface area contributed by atoms with E-state index in [1.807, 2.05) is 0 Å². The molecule has 0 aromatic carbocycles. The Hall–Kier alpha value is -2.49. The number of carbonyl (C=O) groups is 1. The van der Waals surface area contributed by atoms with Crippen LogP contribution in [0.15, 0.2) is 11.7 Å². The number of unbranched alkanes of at least 4 members (excludes halogenated alkanes) is 1. The van der Waals surface area contributed by atoms with Crippen LogP contribution < -0.4 is 5.11 Å². The van der Waals surface area contributed by atoms with Gasteiger partial charge < -0.3 is 9.90 Å². The van der Waals surface area contributed by atoms with Crippen molar-refractivity contribution < 1.29 is 119 Å². The first-order valence-corrected chi connectivity index (χ1v) is 11.9. The average molecular weight is 760 g/mol. The van der Waals surface area contributed by atoms with E-state index in [9.17, 15) is 119 Å². The van der Waals surface area contributed by atoms with Crippen molar-refractivity contribution in [2.75, 3.05) is 6.54 Å². The third-order valence-electron chi connectivity index (χ3n) is 5.42. The number of rotatable bonds is 15. The van der Waals surface area contributed by atoms with Crippen LogP contribution in [0.25, 0.3) is 0 Å². The summed E-state index contributed by atoms with van der Waals surface area (Å²) in [4.78, 5) is 10.5. The van der Waals surface area contributed by atoms with Gasteiger partial charge in [-0.05, 0) is 6.42 Å². The van der Waals surface area contributed by atoms with Crippen LogP contribution >= 0.6 is 0 Å². The number of carbonyl (C=O) groups excluding carboxylic acids is 1. The lowest BCUT2D eigenvalue weighted by Crippen LogP contribution is -2.75. The molecular formula is C17H9F23NO4S-. The number of carboxylic acids is 1. The Morgan fingerprint density at radius 2 is 0.935 bits per heavy atom. The number of sulfonamides is 1. The second kappa shape index (κ2) is 11.9. The van der Waals surface area contributed by atoms with Crippen LogP contribution in [0, 0.1) is 0 Å². The minimum absolute atomic E-state index is 0.648. The maximum atomic E-state index is 14.5. The van der Waals surface area contributed by atoms with Crippen molar-refractivity contribution >= 4 is 16.0 Å². The van der Waals surface area contributed by atoms with Gasteiger partial charge in [0, 0.05) is 6.54 Å². The lowest BCUT2D eigenvalue weighted by Gasteiger charge is -2.43. The summed E-state index contributed by atoms with van der Waals surface area (Å²) in [6.07, 6.45) is -15.2. The van der Waals surface area contributed by atoms with Gasteiger partial charge in [-0.15, -0.1) is 4.31 Å². The van der Waals surface area contributed by atoms with Crippen LogP contribution in [0.1, 0.15) is 19.8 Å². The van der Waals surface area contributed by atoms with Gasteiger partial charge in [0.05, 0.1) is 5.97 Å². The molecule has 0 unspecified atom stereocenters. The Morgan fingerprint density at radius 3 is 1.22 bits per heavy atom. The fraction of sp³-hybridized carbons (Fsp3) is 0.824. The number of nitrogens with zero attached hydrogens (tertiary/aromatic N) is 1. The summed E-state index contributed by atoms with van der Waals surface area (Å²) >= 11 is 0. The van der Waals surface area contributed by atoms with Gasteiger partial charge in [0.2, 0.25) is 0 Å². The van der Waals surface area contributed by atoms with E-state index >= 15 is 0 Å². The van der Waals surface area contributed by atoms with Crippen LogP contribution in [-0.4, -0.2) is 84.2 Å². The summed E-state index contributed by atoms with van der Waals surface area (Å²) in [5, 5.41) is 1.71. The quantitative estimate of drug-likeness (QED) is 0.108. The van der Waals surface area contributed by atoms with Crippen molar-refractivity contribution in [2.24, 2.45) is 0 Å². The zero-order valence-corrected chi connectivity index (χ0v) is 21.6. The number of hydrogen-bond donors (Lipinski definition) is 0.